The van der Waals surface area contributed by atoms with Crippen LogP contribution in [-0.4, -0.2) is 29.9 Å². The van der Waals surface area contributed by atoms with Crippen LogP contribution < -0.4 is 11.1 Å². The van der Waals surface area contributed by atoms with Crippen molar-refractivity contribution in [1.29, 1.82) is 0 Å². The van der Waals surface area contributed by atoms with E-state index >= 15 is 0 Å². The Morgan fingerprint density at radius 3 is 2.09 bits per heavy atom. The highest BCUT2D eigenvalue weighted by Gasteiger charge is 2.26. The lowest BCUT2D eigenvalue weighted by molar-refractivity contribution is -0.124. The summed E-state index contributed by atoms with van der Waals surface area (Å²) in [6.45, 7) is 13.9. The van der Waals surface area contributed by atoms with E-state index in [1.54, 1.807) is 0 Å². The molecule has 0 radical (unpaired) electrons. The van der Waals surface area contributed by atoms with Crippen LogP contribution in [0.1, 0.15) is 45.7 Å². The molecule has 0 aromatic heterocycles. The SMILES string of the molecule is CCN(CC)Cc1ccc(CNC(=O)[C@@H](N)C(C)(C)C)cc1. The van der Waals surface area contributed by atoms with Gasteiger partial charge in [0.25, 0.3) is 0 Å². The lowest BCUT2D eigenvalue weighted by Crippen LogP contribution is -2.48. The molecule has 0 saturated carbocycles. The predicted octanol–water partition coefficient (Wildman–Crippen LogP) is 2.52. The first kappa shape index (κ1) is 18.7. The van der Waals surface area contributed by atoms with E-state index in [9.17, 15) is 4.79 Å². The van der Waals surface area contributed by atoms with E-state index < -0.39 is 6.04 Å². The summed E-state index contributed by atoms with van der Waals surface area (Å²) in [6, 6.07) is 7.91. The number of nitrogens with two attached hydrogens (primary N) is 1. The van der Waals surface area contributed by atoms with Crippen LogP contribution in [0.15, 0.2) is 24.3 Å². The third-order valence-corrected chi connectivity index (χ3v) is 4.01. The van der Waals surface area contributed by atoms with Gasteiger partial charge in [-0.2, -0.15) is 0 Å². The van der Waals surface area contributed by atoms with Gasteiger partial charge in [-0.15, -0.1) is 0 Å². The Morgan fingerprint density at radius 1 is 1.14 bits per heavy atom. The van der Waals surface area contributed by atoms with Crippen LogP contribution in [0.4, 0.5) is 0 Å². The number of benzene rings is 1. The van der Waals surface area contributed by atoms with Gasteiger partial charge < -0.3 is 11.1 Å². The number of amides is 1. The van der Waals surface area contributed by atoms with Crippen molar-refractivity contribution < 1.29 is 4.79 Å². The van der Waals surface area contributed by atoms with Crippen molar-refractivity contribution >= 4 is 5.91 Å². The first-order valence-electron chi connectivity index (χ1n) is 8.11. The highest BCUT2D eigenvalue weighted by molar-refractivity contribution is 5.82. The third-order valence-electron chi connectivity index (χ3n) is 4.01. The Bertz CT molecular complexity index is 458. The smallest absolute Gasteiger partial charge is 0.237 e. The molecule has 1 amide bonds. The van der Waals surface area contributed by atoms with E-state index in [2.05, 4.69) is 48.3 Å². The number of hydrogen-bond acceptors (Lipinski definition) is 3. The summed E-state index contributed by atoms with van der Waals surface area (Å²) in [5, 5.41) is 2.91. The van der Waals surface area contributed by atoms with Gasteiger partial charge in [0.1, 0.15) is 0 Å². The molecular formula is C18H31N3O. The summed E-state index contributed by atoms with van der Waals surface area (Å²) >= 11 is 0. The molecule has 4 heteroatoms. The largest absolute Gasteiger partial charge is 0.351 e. The van der Waals surface area contributed by atoms with Crippen molar-refractivity contribution in [3.63, 3.8) is 0 Å². The molecule has 0 unspecified atom stereocenters. The fourth-order valence-electron chi connectivity index (χ4n) is 2.16. The first-order chi connectivity index (χ1) is 10.3. The molecule has 0 spiro atoms. The number of hydrogen-bond donors (Lipinski definition) is 2. The number of carbonyl (C=O) groups is 1. The van der Waals surface area contributed by atoms with E-state index in [0.29, 0.717) is 6.54 Å². The molecule has 0 bridgehead atoms. The van der Waals surface area contributed by atoms with Gasteiger partial charge in [-0.25, -0.2) is 0 Å². The van der Waals surface area contributed by atoms with Gasteiger partial charge in [-0.1, -0.05) is 58.9 Å². The molecule has 22 heavy (non-hydrogen) atoms. The monoisotopic (exact) mass is 305 g/mol. The molecule has 3 N–H and O–H groups in total. The topological polar surface area (TPSA) is 58.4 Å². The van der Waals surface area contributed by atoms with Gasteiger partial charge in [0, 0.05) is 13.1 Å². The fourth-order valence-corrected chi connectivity index (χ4v) is 2.16. The number of rotatable bonds is 7. The van der Waals surface area contributed by atoms with Crippen LogP contribution in [0.25, 0.3) is 0 Å². The van der Waals surface area contributed by atoms with Gasteiger partial charge in [-0.05, 0) is 29.6 Å². The minimum atomic E-state index is -0.491. The molecule has 0 aliphatic rings. The normalized spacial score (nSPS) is 13.2. The average molecular weight is 305 g/mol. The molecule has 1 atom stereocenters. The maximum Gasteiger partial charge on any atom is 0.237 e. The van der Waals surface area contributed by atoms with Crippen molar-refractivity contribution in [1.82, 2.24) is 10.2 Å². The molecule has 0 saturated heterocycles. The molecule has 0 aliphatic heterocycles. The van der Waals surface area contributed by atoms with Crippen molar-refractivity contribution in [2.45, 2.75) is 53.8 Å². The molecule has 0 heterocycles. The molecule has 4 nitrogen and oxygen atoms in total. The lowest BCUT2D eigenvalue weighted by atomic mass is 9.87. The van der Waals surface area contributed by atoms with Crippen LogP contribution in [0.2, 0.25) is 0 Å². The van der Waals surface area contributed by atoms with Gasteiger partial charge in [-0.3, -0.25) is 9.69 Å². The Morgan fingerprint density at radius 2 is 1.64 bits per heavy atom. The highest BCUT2D eigenvalue weighted by Crippen LogP contribution is 2.17. The van der Waals surface area contributed by atoms with Crippen LogP contribution >= 0.6 is 0 Å². The molecule has 1 rings (SSSR count). The summed E-state index contributed by atoms with van der Waals surface area (Å²) in [7, 11) is 0. The van der Waals surface area contributed by atoms with Gasteiger partial charge in [0.2, 0.25) is 5.91 Å². The Hall–Kier alpha value is -1.39. The summed E-state index contributed by atoms with van der Waals surface area (Å²) in [5.74, 6) is -0.0975. The van der Waals surface area contributed by atoms with E-state index in [1.807, 2.05) is 20.8 Å². The quantitative estimate of drug-likeness (QED) is 0.814. The summed E-state index contributed by atoms with van der Waals surface area (Å²) in [4.78, 5) is 14.4. The van der Waals surface area contributed by atoms with E-state index in [4.69, 9.17) is 5.73 Å². The Kier molecular flexibility index (Phi) is 7.04. The molecule has 0 aliphatic carbocycles. The average Bonchev–Trinajstić information content (AvgIpc) is 2.49. The minimum Gasteiger partial charge on any atom is -0.351 e. The maximum atomic E-state index is 12.0. The molecule has 124 valence electrons. The summed E-state index contributed by atoms with van der Waals surface area (Å²) in [5.41, 5.74) is 8.12. The molecule has 1 aromatic rings. The molecular weight excluding hydrogens is 274 g/mol. The van der Waals surface area contributed by atoms with E-state index in [0.717, 1.165) is 25.2 Å². The maximum absolute atomic E-state index is 12.0. The zero-order valence-corrected chi connectivity index (χ0v) is 14.6. The zero-order valence-electron chi connectivity index (χ0n) is 14.6. The van der Waals surface area contributed by atoms with Crippen LogP contribution in [0, 0.1) is 5.41 Å². The first-order valence-corrected chi connectivity index (χ1v) is 8.11. The van der Waals surface area contributed by atoms with Crippen molar-refractivity contribution in [2.24, 2.45) is 11.1 Å². The van der Waals surface area contributed by atoms with Crippen LogP contribution in [0.5, 0.6) is 0 Å². The predicted molar refractivity (Wildman–Crippen MR) is 92.3 cm³/mol. The second-order valence-corrected chi connectivity index (χ2v) is 6.84. The summed E-state index contributed by atoms with van der Waals surface area (Å²) < 4.78 is 0. The summed E-state index contributed by atoms with van der Waals surface area (Å²) in [6.07, 6.45) is 0. The lowest BCUT2D eigenvalue weighted by Gasteiger charge is -2.25. The van der Waals surface area contributed by atoms with Crippen LogP contribution in [0.3, 0.4) is 0 Å². The Balaban J connectivity index is 2.53. The Labute approximate surface area is 135 Å². The molecule has 1 aromatic carbocycles. The standard InChI is InChI=1S/C18H31N3O/c1-6-21(7-2)13-15-10-8-14(9-11-15)12-20-17(22)16(19)18(3,4)5/h8-11,16H,6-7,12-13,19H2,1-5H3,(H,20,22)/t16-/m1/s1. The van der Waals surface area contributed by atoms with E-state index in [-0.39, 0.29) is 11.3 Å². The number of nitrogens with zero attached hydrogens (tertiary/aromatic N) is 1. The van der Waals surface area contributed by atoms with Crippen molar-refractivity contribution in [3.8, 4) is 0 Å². The molecule has 0 fully saturated rings. The number of nitrogens with one attached hydrogen (secondary N) is 1. The van der Waals surface area contributed by atoms with E-state index in [1.165, 1.54) is 5.56 Å². The van der Waals surface area contributed by atoms with Gasteiger partial charge in [0.15, 0.2) is 0 Å². The second-order valence-electron chi connectivity index (χ2n) is 6.84. The minimum absolute atomic E-state index is 0.0975. The zero-order chi connectivity index (χ0) is 16.8. The van der Waals surface area contributed by atoms with Gasteiger partial charge >= 0.3 is 0 Å². The fraction of sp³-hybridized carbons (Fsp3) is 0.611. The van der Waals surface area contributed by atoms with Crippen molar-refractivity contribution in [3.05, 3.63) is 35.4 Å². The van der Waals surface area contributed by atoms with Crippen LogP contribution in [-0.2, 0) is 17.9 Å². The van der Waals surface area contributed by atoms with Crippen molar-refractivity contribution in [2.75, 3.05) is 13.1 Å². The van der Waals surface area contributed by atoms with Gasteiger partial charge in [0.05, 0.1) is 6.04 Å². The number of carbonyl (C=O) groups excluding carboxylic acids is 1. The third kappa shape index (κ3) is 5.78. The highest BCUT2D eigenvalue weighted by atomic mass is 16.2. The second kappa shape index (κ2) is 8.30.